The van der Waals surface area contributed by atoms with E-state index in [1.54, 1.807) is 0 Å². The van der Waals surface area contributed by atoms with Gasteiger partial charge in [-0.3, -0.25) is 0 Å². The van der Waals surface area contributed by atoms with Crippen LogP contribution in [0.2, 0.25) is 0 Å². The third kappa shape index (κ3) is 2.87. The van der Waals surface area contributed by atoms with Crippen LogP contribution in [0.5, 0.6) is 0 Å². The molecule has 1 atom stereocenters. The van der Waals surface area contributed by atoms with Crippen molar-refractivity contribution in [2.24, 2.45) is 0 Å². The van der Waals surface area contributed by atoms with E-state index in [9.17, 15) is 0 Å². The van der Waals surface area contributed by atoms with Gasteiger partial charge in [-0.25, -0.2) is 0 Å². The van der Waals surface area contributed by atoms with E-state index in [0.717, 1.165) is 19.4 Å². The fourth-order valence-electron chi connectivity index (χ4n) is 3.59. The summed E-state index contributed by atoms with van der Waals surface area (Å²) in [5.74, 6) is 0. The van der Waals surface area contributed by atoms with E-state index in [-0.39, 0.29) is 5.54 Å². The smallest absolute Gasteiger partial charge is 0.0520 e. The minimum absolute atomic E-state index is 0.147. The highest BCUT2D eigenvalue weighted by Gasteiger charge is 2.39. The van der Waals surface area contributed by atoms with Crippen molar-refractivity contribution < 1.29 is 0 Å². The Balaban J connectivity index is 2.59. The summed E-state index contributed by atoms with van der Waals surface area (Å²) >= 11 is 1.86. The number of hydrogen-bond acceptors (Lipinski definition) is 3. The Morgan fingerprint density at radius 2 is 1.86 bits per heavy atom. The molecule has 0 aliphatic heterocycles. The largest absolute Gasteiger partial charge is 0.309 e. The molecule has 0 amide bonds. The first kappa shape index (κ1) is 16.5. The summed E-state index contributed by atoms with van der Waals surface area (Å²) < 4.78 is 1.43. The molecule has 0 radical (unpaired) electrons. The number of benzene rings is 1. The Morgan fingerprint density at radius 3 is 2.43 bits per heavy atom. The van der Waals surface area contributed by atoms with Crippen LogP contribution in [0.25, 0.3) is 10.1 Å². The lowest BCUT2D eigenvalue weighted by Crippen LogP contribution is -2.53. The average molecular weight is 305 g/mol. The van der Waals surface area contributed by atoms with Crippen LogP contribution in [0.3, 0.4) is 0 Å². The zero-order valence-corrected chi connectivity index (χ0v) is 14.8. The van der Waals surface area contributed by atoms with Gasteiger partial charge < -0.3 is 10.2 Å². The molecule has 1 aromatic heterocycles. The highest BCUT2D eigenvalue weighted by Crippen LogP contribution is 2.40. The van der Waals surface area contributed by atoms with Crippen LogP contribution in [-0.2, 0) is 0 Å². The molecule has 2 nitrogen and oxygen atoms in total. The van der Waals surface area contributed by atoms with Crippen LogP contribution < -0.4 is 5.32 Å². The SMILES string of the molecule is CCNC(c1cccc2ccsc12)C(CC)(CC)N(C)C. The molecule has 1 heterocycles. The second-order valence-corrected chi connectivity index (χ2v) is 6.80. The maximum absolute atomic E-state index is 3.77. The molecular formula is C18H28N2S. The van der Waals surface area contributed by atoms with Crippen molar-refractivity contribution in [3.63, 3.8) is 0 Å². The van der Waals surface area contributed by atoms with E-state index < -0.39 is 0 Å². The normalized spacial score (nSPS) is 14.0. The number of fused-ring (bicyclic) bond motifs is 1. The fraction of sp³-hybridized carbons (Fsp3) is 0.556. The lowest BCUT2D eigenvalue weighted by atomic mass is 9.79. The third-order valence-corrected chi connectivity index (χ3v) is 5.86. The quantitative estimate of drug-likeness (QED) is 0.799. The Hall–Kier alpha value is -0.900. The van der Waals surface area contributed by atoms with E-state index >= 15 is 0 Å². The molecule has 0 bridgehead atoms. The van der Waals surface area contributed by atoms with E-state index in [1.807, 2.05) is 11.3 Å². The van der Waals surface area contributed by atoms with Crippen molar-refractivity contribution in [1.29, 1.82) is 0 Å². The molecule has 0 saturated carbocycles. The van der Waals surface area contributed by atoms with Crippen LogP contribution in [0.1, 0.15) is 45.2 Å². The number of nitrogens with one attached hydrogen (secondary N) is 1. The average Bonchev–Trinajstić information content (AvgIpc) is 2.96. The Kier molecular flexibility index (Phi) is 5.42. The number of thiophene rings is 1. The van der Waals surface area contributed by atoms with Gasteiger partial charge in [-0.2, -0.15) is 0 Å². The van der Waals surface area contributed by atoms with Crippen molar-refractivity contribution in [3.8, 4) is 0 Å². The second kappa shape index (κ2) is 6.91. The van der Waals surface area contributed by atoms with Gasteiger partial charge >= 0.3 is 0 Å². The summed E-state index contributed by atoms with van der Waals surface area (Å²) in [6, 6.07) is 9.29. The number of likely N-dealkylation sites (N-methyl/N-ethyl adjacent to an activating group) is 2. The molecule has 1 aromatic carbocycles. The van der Waals surface area contributed by atoms with Gasteiger partial charge in [0.2, 0.25) is 0 Å². The van der Waals surface area contributed by atoms with Gasteiger partial charge in [0.15, 0.2) is 0 Å². The Morgan fingerprint density at radius 1 is 1.14 bits per heavy atom. The summed E-state index contributed by atoms with van der Waals surface area (Å²) in [5, 5.41) is 7.33. The maximum Gasteiger partial charge on any atom is 0.0520 e. The van der Waals surface area contributed by atoms with Gasteiger partial charge in [0.25, 0.3) is 0 Å². The zero-order chi connectivity index (χ0) is 15.5. The molecule has 21 heavy (non-hydrogen) atoms. The summed E-state index contributed by atoms with van der Waals surface area (Å²) in [6.45, 7) is 7.81. The molecule has 116 valence electrons. The maximum atomic E-state index is 3.77. The van der Waals surface area contributed by atoms with E-state index in [1.165, 1.54) is 15.6 Å². The van der Waals surface area contributed by atoms with Crippen LogP contribution in [-0.4, -0.2) is 31.1 Å². The van der Waals surface area contributed by atoms with Crippen molar-refractivity contribution in [2.75, 3.05) is 20.6 Å². The van der Waals surface area contributed by atoms with Gasteiger partial charge in [-0.15, -0.1) is 11.3 Å². The Labute approximate surface area is 133 Å². The summed E-state index contributed by atoms with van der Waals surface area (Å²) in [5.41, 5.74) is 1.59. The molecule has 0 fully saturated rings. The molecule has 0 aliphatic carbocycles. The van der Waals surface area contributed by atoms with Crippen LogP contribution in [0.4, 0.5) is 0 Å². The van der Waals surface area contributed by atoms with Crippen LogP contribution in [0.15, 0.2) is 29.6 Å². The van der Waals surface area contributed by atoms with Gasteiger partial charge in [0.05, 0.1) is 6.04 Å². The lowest BCUT2D eigenvalue weighted by molar-refractivity contribution is 0.0896. The van der Waals surface area contributed by atoms with E-state index in [2.05, 4.69) is 74.7 Å². The predicted molar refractivity (Wildman–Crippen MR) is 95.2 cm³/mol. The molecule has 0 saturated heterocycles. The topological polar surface area (TPSA) is 15.3 Å². The molecule has 1 N–H and O–H groups in total. The van der Waals surface area contributed by atoms with Crippen molar-refractivity contribution >= 4 is 21.4 Å². The zero-order valence-electron chi connectivity index (χ0n) is 13.9. The first-order chi connectivity index (χ1) is 10.1. The minimum atomic E-state index is 0.147. The van der Waals surface area contributed by atoms with Crippen molar-refractivity contribution in [2.45, 2.75) is 45.2 Å². The van der Waals surface area contributed by atoms with Crippen molar-refractivity contribution in [3.05, 3.63) is 35.2 Å². The second-order valence-electron chi connectivity index (χ2n) is 5.88. The molecule has 1 unspecified atom stereocenters. The van der Waals surface area contributed by atoms with E-state index in [0.29, 0.717) is 6.04 Å². The fourth-order valence-corrected chi connectivity index (χ4v) is 4.53. The van der Waals surface area contributed by atoms with Gasteiger partial charge in [-0.1, -0.05) is 39.0 Å². The monoisotopic (exact) mass is 304 g/mol. The number of nitrogens with zero attached hydrogens (tertiary/aromatic N) is 1. The van der Waals surface area contributed by atoms with Crippen LogP contribution in [0, 0.1) is 0 Å². The summed E-state index contributed by atoms with van der Waals surface area (Å²) in [6.07, 6.45) is 2.27. The van der Waals surface area contributed by atoms with Gasteiger partial charge in [-0.05, 0) is 55.9 Å². The van der Waals surface area contributed by atoms with Crippen LogP contribution >= 0.6 is 11.3 Å². The number of hydrogen-bond donors (Lipinski definition) is 1. The van der Waals surface area contributed by atoms with Gasteiger partial charge in [0, 0.05) is 10.2 Å². The minimum Gasteiger partial charge on any atom is -0.309 e. The first-order valence-electron chi connectivity index (χ1n) is 7.97. The standard InChI is InChI=1S/C18H28N2S/c1-6-18(7-2,20(4)5)17(19-8-3)15-11-9-10-14-12-13-21-16(14)15/h9-13,17,19H,6-8H2,1-5H3. The van der Waals surface area contributed by atoms with Gasteiger partial charge in [0.1, 0.15) is 0 Å². The highest BCUT2D eigenvalue weighted by molar-refractivity contribution is 7.17. The molecule has 0 spiro atoms. The predicted octanol–water partition coefficient (Wildman–Crippen LogP) is 4.67. The first-order valence-corrected chi connectivity index (χ1v) is 8.85. The molecule has 2 aromatic rings. The third-order valence-electron chi connectivity index (χ3n) is 4.88. The van der Waals surface area contributed by atoms with E-state index in [4.69, 9.17) is 0 Å². The Bertz CT molecular complexity index is 569. The molecule has 3 heteroatoms. The summed E-state index contributed by atoms with van der Waals surface area (Å²) in [7, 11) is 4.43. The molecule has 2 rings (SSSR count). The summed E-state index contributed by atoms with van der Waals surface area (Å²) in [4.78, 5) is 2.41. The molecule has 0 aliphatic rings. The van der Waals surface area contributed by atoms with Crippen molar-refractivity contribution in [1.82, 2.24) is 10.2 Å². The highest BCUT2D eigenvalue weighted by atomic mass is 32.1. The molecular weight excluding hydrogens is 276 g/mol. The number of rotatable bonds is 7. The lowest BCUT2D eigenvalue weighted by Gasteiger charge is -2.46.